The zero-order chi connectivity index (χ0) is 69.0. The van der Waals surface area contributed by atoms with E-state index in [1.54, 1.807) is 79.4 Å². The molecule has 531 valence electrons. The first-order valence-corrected chi connectivity index (χ1v) is 28.1. The Balaban J connectivity index is 0.00000113. The summed E-state index contributed by atoms with van der Waals surface area (Å²) in [6.45, 7) is 11.0. The number of pyridine rings is 6. The first-order valence-electron chi connectivity index (χ1n) is 28.1. The number of allylic oxidation sites excluding steroid dienone is 2. The molecule has 3 N–H and O–H groups in total. The summed E-state index contributed by atoms with van der Waals surface area (Å²) in [4.78, 5) is 46.3. The first-order chi connectivity index (χ1) is 44.6. The fourth-order valence-corrected chi connectivity index (χ4v) is 7.02. The molecular weight excluding hydrogens is 2180 g/mol. The SMILES string of the molecule is CC(C)(C)C(=O)C=C(O)C(C)(C)C.CN(C)c1ccnc(-c2[c-]cc(F)nc2F)c1.Fc1c[c-]c(-c2ccccn2)c(F)c1.Fc1c[c-]c(-n2cccn2)c(F)c1.O=C(O)c1ccccn1.OCc1ccnc(-c2[c-]cc(F)cc2F)c1.[Ir].[Ir].[Ir].[Ir].[Ir].[c-]1ccccc1-c1ccccn1. The van der Waals surface area contributed by atoms with Gasteiger partial charge in [0, 0.05) is 215 Å². The molecule has 11 rings (SSSR count). The number of carboxylic acid groups (broad SMARTS) is 1. The molecule has 0 aliphatic rings. The molecule has 0 saturated carbocycles. The largest absolute Gasteiger partial charge is 0.512 e. The van der Waals surface area contributed by atoms with Crippen LogP contribution < -0.4 is 4.90 Å². The Labute approximate surface area is 636 Å². The summed E-state index contributed by atoms with van der Waals surface area (Å²) in [5, 5.41) is 30.6. The van der Waals surface area contributed by atoms with E-state index in [1.807, 2.05) is 103 Å². The van der Waals surface area contributed by atoms with E-state index in [-0.39, 0.29) is 152 Å². The molecule has 5 radical (unpaired) electrons. The summed E-state index contributed by atoms with van der Waals surface area (Å²) < 4.78 is 105. The van der Waals surface area contributed by atoms with Crippen molar-refractivity contribution in [2.45, 2.75) is 48.1 Å². The minimum absolute atomic E-state index is 0. The molecule has 4 aromatic carbocycles. The van der Waals surface area contributed by atoms with Crippen LogP contribution in [0.25, 0.3) is 50.7 Å². The maximum absolute atomic E-state index is 13.4. The second kappa shape index (κ2) is 45.7. The predicted octanol–water partition coefficient (Wildman–Crippen LogP) is 15.8. The predicted molar refractivity (Wildman–Crippen MR) is 340 cm³/mol. The number of carbonyl (C=O) groups is 2. The van der Waals surface area contributed by atoms with Crippen LogP contribution in [0.4, 0.5) is 40.8 Å². The van der Waals surface area contributed by atoms with Crippen molar-refractivity contribution in [2.24, 2.45) is 10.8 Å². The van der Waals surface area contributed by atoms with E-state index in [0.29, 0.717) is 22.6 Å². The van der Waals surface area contributed by atoms with Crippen molar-refractivity contribution in [3.05, 3.63) is 295 Å². The average Bonchev–Trinajstić information content (AvgIpc) is 1.19. The summed E-state index contributed by atoms with van der Waals surface area (Å²) in [6.07, 6.45) is 12.2. The van der Waals surface area contributed by atoms with Gasteiger partial charge in [-0.15, -0.1) is 78.4 Å². The molecule has 7 aromatic heterocycles. The Morgan fingerprint density at radius 1 is 0.515 bits per heavy atom. The Bertz CT molecular complexity index is 4170. The molecule has 7 heterocycles. The average molecular weight is 2250 g/mol. The molecule has 0 bridgehead atoms. The number of halogens is 8. The summed E-state index contributed by atoms with van der Waals surface area (Å²) in [5.41, 5.74) is 4.42. The van der Waals surface area contributed by atoms with Gasteiger partial charge in [-0.1, -0.05) is 119 Å². The molecule has 0 amide bonds. The number of aliphatic hydroxyl groups is 2. The third kappa shape index (κ3) is 31.5. The molecule has 0 atom stereocenters. The monoisotopic (exact) mass is 2250 g/mol. The fraction of sp³-hybridized carbons (Fsp3) is 0.153. The smallest absolute Gasteiger partial charge is 0.354 e. The van der Waals surface area contributed by atoms with Gasteiger partial charge in [-0.05, 0) is 76.5 Å². The van der Waals surface area contributed by atoms with Gasteiger partial charge < -0.3 is 40.2 Å². The third-order valence-corrected chi connectivity index (χ3v) is 12.0. The minimum atomic E-state index is -0.990. The zero-order valence-corrected chi connectivity index (χ0v) is 65.6. The molecule has 0 aliphatic carbocycles. The van der Waals surface area contributed by atoms with Crippen LogP contribution >= 0.6 is 0 Å². The number of benzene rings is 4. The van der Waals surface area contributed by atoms with Crippen molar-refractivity contribution in [3.8, 4) is 50.7 Å². The molecule has 0 unspecified atom stereocenters. The van der Waals surface area contributed by atoms with Gasteiger partial charge in [-0.3, -0.25) is 40.8 Å². The number of aromatic nitrogens is 8. The van der Waals surface area contributed by atoms with Crippen LogP contribution in [0.2, 0.25) is 0 Å². The van der Waals surface area contributed by atoms with Crippen molar-refractivity contribution in [1.82, 2.24) is 39.7 Å². The van der Waals surface area contributed by atoms with Crippen LogP contribution in [0.15, 0.2) is 207 Å². The van der Waals surface area contributed by atoms with Crippen molar-refractivity contribution >= 4 is 17.4 Å². The minimum Gasteiger partial charge on any atom is -0.512 e. The molecule has 11 aromatic rings. The number of carboxylic acids is 1. The number of aromatic carboxylic acids is 1. The van der Waals surface area contributed by atoms with Gasteiger partial charge in [-0.2, -0.15) is 11.2 Å². The van der Waals surface area contributed by atoms with Gasteiger partial charge in [0.25, 0.3) is 0 Å². The topological polar surface area (TPSA) is 193 Å². The second-order valence-corrected chi connectivity index (χ2v) is 21.6. The number of hydrogen-bond donors (Lipinski definition) is 3. The number of rotatable bonds is 9. The Morgan fingerprint density at radius 2 is 1.02 bits per heavy atom. The van der Waals surface area contributed by atoms with E-state index in [1.165, 1.54) is 41.5 Å². The number of hydrogen-bond acceptors (Lipinski definition) is 12. The van der Waals surface area contributed by atoms with Crippen molar-refractivity contribution in [2.75, 3.05) is 19.0 Å². The van der Waals surface area contributed by atoms with Crippen LogP contribution in [0, 0.1) is 88.0 Å². The van der Waals surface area contributed by atoms with Gasteiger partial charge in [-0.25, -0.2) is 18.6 Å². The van der Waals surface area contributed by atoms with Gasteiger partial charge in [0.1, 0.15) is 23.3 Å². The van der Waals surface area contributed by atoms with E-state index in [0.717, 1.165) is 59.4 Å². The van der Waals surface area contributed by atoms with Crippen LogP contribution in [0.3, 0.4) is 0 Å². The summed E-state index contributed by atoms with van der Waals surface area (Å²) in [5.74, 6) is -6.70. The van der Waals surface area contributed by atoms with Crippen LogP contribution in [-0.4, -0.2) is 80.9 Å². The normalized spacial score (nSPS) is 10.1. The van der Waals surface area contributed by atoms with Crippen molar-refractivity contribution in [3.63, 3.8) is 0 Å². The Morgan fingerprint density at radius 3 is 1.46 bits per heavy atom. The van der Waals surface area contributed by atoms with Gasteiger partial charge in [0.15, 0.2) is 5.78 Å². The molecule has 0 saturated heterocycles. The number of nitrogens with zero attached hydrogens (tertiary/aromatic N) is 9. The van der Waals surface area contributed by atoms with Crippen LogP contribution in [0.5, 0.6) is 0 Å². The van der Waals surface area contributed by atoms with Gasteiger partial charge in [0.05, 0.1) is 6.61 Å². The summed E-state index contributed by atoms with van der Waals surface area (Å²) >= 11 is 0. The number of anilines is 1. The van der Waals surface area contributed by atoms with E-state index >= 15 is 0 Å². The molecule has 0 spiro atoms. The zero-order valence-electron chi connectivity index (χ0n) is 53.6. The molecule has 0 fully saturated rings. The number of carbonyl (C=O) groups excluding carboxylic acids is 1. The molecule has 0 aliphatic heterocycles. The second-order valence-electron chi connectivity index (χ2n) is 21.6. The van der Waals surface area contributed by atoms with Crippen molar-refractivity contribution in [1.29, 1.82) is 0 Å². The van der Waals surface area contributed by atoms with Gasteiger partial charge >= 0.3 is 5.97 Å². The number of ketones is 1. The van der Waals surface area contributed by atoms with Crippen LogP contribution in [-0.2, 0) is 112 Å². The molecule has 99 heavy (non-hydrogen) atoms. The summed E-state index contributed by atoms with van der Waals surface area (Å²) in [7, 11) is 3.73. The van der Waals surface area contributed by atoms with E-state index < -0.39 is 58.2 Å². The molecule has 27 heteroatoms. The molecule has 14 nitrogen and oxygen atoms in total. The van der Waals surface area contributed by atoms with Gasteiger partial charge in [0.2, 0.25) is 0 Å². The fourth-order valence-electron chi connectivity index (χ4n) is 7.02. The van der Waals surface area contributed by atoms with Crippen molar-refractivity contribution < 1.29 is 161 Å². The van der Waals surface area contributed by atoms with E-state index in [2.05, 4.69) is 65.3 Å². The maximum atomic E-state index is 13.4. The Kier molecular flexibility index (Phi) is 42.1. The maximum Gasteiger partial charge on any atom is 0.354 e. The van der Waals surface area contributed by atoms with E-state index in [4.69, 9.17) is 10.2 Å². The quantitative estimate of drug-likeness (QED) is 0.0407. The first kappa shape index (κ1) is 91.1. The van der Waals surface area contributed by atoms with E-state index in [9.17, 15) is 49.8 Å². The summed E-state index contributed by atoms with van der Waals surface area (Å²) in [6, 6.07) is 51.5. The standard InChI is InChI=1S/C12H10F2N3.C12H8F2NO.C11H6F2N.C11H8N.C11H20O2.C9H5F2N2.C6H5NO2.5Ir/c1-17(2)8-5-6-15-10(7-8)9-3-4-11(13)16-12(9)14;13-9-1-2-10(11(14)6-9)12-5-8(7-16)3-4-15-12;12-8-4-5-9(10(13)7-8)11-3-1-2-6-14-11;1-2-6-10(7-3-1)11-8-4-5-9-12-11;1-10(2,3)8(12)7-9(13)11(4,5)6;10-7-2-3-9(8(11)6-7)13-5-1-4-12-13;8-6(9)5-3-1-2-4-7-5;;;;;/h4-7H,1-2H3;1,3-6,16H,7H2;1-4,6-7H;1-6,8-9H;7,12H,1-6H3;1-2,4-6H;1-4H,(H,8,9);;;;;/q4*-1;;-1;;;;;;. The van der Waals surface area contributed by atoms with Crippen LogP contribution in [0.1, 0.15) is 57.6 Å². The molecular formula is C72H62F8Ir5N9O5-5. The number of aliphatic hydroxyl groups excluding tert-OH is 2. The Hall–Kier alpha value is -7.88. The third-order valence-electron chi connectivity index (χ3n) is 12.0.